The normalized spacial score (nSPS) is 18.1. The fourth-order valence-electron chi connectivity index (χ4n) is 4.93. The van der Waals surface area contributed by atoms with Gasteiger partial charge in [-0.1, -0.05) is 6.92 Å². The Bertz CT molecular complexity index is 1390. The van der Waals surface area contributed by atoms with Crippen molar-refractivity contribution in [1.82, 2.24) is 14.8 Å². The summed E-state index contributed by atoms with van der Waals surface area (Å²) in [7, 11) is 1.99. The highest BCUT2D eigenvalue weighted by atomic mass is 19.4. The van der Waals surface area contributed by atoms with E-state index in [-0.39, 0.29) is 36.6 Å². The number of carbonyl (C=O) groups is 2. The molecule has 2 heterocycles. The lowest BCUT2D eigenvalue weighted by Gasteiger charge is -2.34. The van der Waals surface area contributed by atoms with Gasteiger partial charge < -0.3 is 25.4 Å². The van der Waals surface area contributed by atoms with Crippen molar-refractivity contribution >= 4 is 23.3 Å². The summed E-state index contributed by atoms with van der Waals surface area (Å²) in [6.07, 6.45) is -1.30. The molecule has 1 aromatic heterocycles. The van der Waals surface area contributed by atoms with E-state index in [9.17, 15) is 27.9 Å². The first-order valence-electron chi connectivity index (χ1n) is 14.0. The van der Waals surface area contributed by atoms with Gasteiger partial charge in [0.25, 0.3) is 0 Å². The van der Waals surface area contributed by atoms with E-state index in [1.165, 1.54) is 12.1 Å². The van der Waals surface area contributed by atoms with Crippen molar-refractivity contribution in [2.75, 3.05) is 37.4 Å². The number of carbonyl (C=O) groups excluding carboxylic acids is 2. The maximum Gasteiger partial charge on any atom is 0.416 e. The molecule has 0 radical (unpaired) electrons. The third-order valence-corrected chi connectivity index (χ3v) is 7.34. The molecule has 3 aromatic rings. The number of halogens is 3. The minimum absolute atomic E-state index is 0.0119. The predicted molar refractivity (Wildman–Crippen MR) is 157 cm³/mol. The van der Waals surface area contributed by atoms with E-state index in [2.05, 4.69) is 20.5 Å². The van der Waals surface area contributed by atoms with Gasteiger partial charge in [0.2, 0.25) is 5.91 Å². The lowest BCUT2D eigenvalue weighted by molar-refractivity contribution is -0.137. The van der Waals surface area contributed by atoms with Gasteiger partial charge in [-0.15, -0.1) is 0 Å². The molecule has 2 aromatic carbocycles. The number of hydrogen-bond acceptors (Lipinski definition) is 6. The molecule has 0 saturated carbocycles. The topological polar surface area (TPSA) is 107 Å². The zero-order valence-electron chi connectivity index (χ0n) is 24.3. The van der Waals surface area contributed by atoms with Crippen molar-refractivity contribution in [3.8, 4) is 5.75 Å². The minimum atomic E-state index is -4.48. The summed E-state index contributed by atoms with van der Waals surface area (Å²) in [4.78, 5) is 33.9. The number of hydrogen-bond donors (Lipinski definition) is 3. The van der Waals surface area contributed by atoms with Crippen LogP contribution in [0.3, 0.4) is 0 Å². The molecular weight excluding hydrogens is 563 g/mol. The van der Waals surface area contributed by atoms with Gasteiger partial charge >= 0.3 is 12.2 Å². The van der Waals surface area contributed by atoms with Crippen LogP contribution in [-0.2, 0) is 23.9 Å². The molecule has 12 heteroatoms. The Morgan fingerprint density at radius 2 is 1.77 bits per heavy atom. The van der Waals surface area contributed by atoms with Crippen molar-refractivity contribution in [2.45, 2.75) is 45.1 Å². The number of nitrogens with zero attached hydrogens (tertiary/aromatic N) is 3. The summed E-state index contributed by atoms with van der Waals surface area (Å²) in [5.74, 6) is 0.251. The summed E-state index contributed by atoms with van der Waals surface area (Å²) >= 11 is 0. The molecule has 0 bridgehead atoms. The number of likely N-dealkylation sites (N-methyl/N-ethyl adjacent to an activating group) is 1. The van der Waals surface area contributed by atoms with Crippen LogP contribution in [0.4, 0.5) is 29.3 Å². The number of anilines is 2. The number of fused-ring (bicyclic) bond motifs is 1. The Balaban J connectivity index is 1.53. The van der Waals surface area contributed by atoms with Gasteiger partial charge in [0.15, 0.2) is 0 Å². The predicted octanol–water partition coefficient (Wildman–Crippen LogP) is 5.03. The van der Waals surface area contributed by atoms with Crippen LogP contribution in [0.2, 0.25) is 0 Å². The van der Waals surface area contributed by atoms with Gasteiger partial charge in [-0.25, -0.2) is 4.79 Å². The maximum absolute atomic E-state index is 13.4. The number of alkyl halides is 3. The van der Waals surface area contributed by atoms with Crippen molar-refractivity contribution < 1.29 is 32.6 Å². The average Bonchev–Trinajstić information content (AvgIpc) is 3.00. The summed E-state index contributed by atoms with van der Waals surface area (Å²) < 4.78 is 45.1. The van der Waals surface area contributed by atoms with Gasteiger partial charge in [-0.2, -0.15) is 13.2 Å². The van der Waals surface area contributed by atoms with Crippen LogP contribution >= 0.6 is 0 Å². The quantitative estimate of drug-likeness (QED) is 0.336. The fourth-order valence-corrected chi connectivity index (χ4v) is 4.93. The van der Waals surface area contributed by atoms with Gasteiger partial charge in [0, 0.05) is 54.9 Å². The number of amides is 3. The molecule has 0 unspecified atom stereocenters. The second kappa shape index (κ2) is 13.9. The molecule has 0 fully saturated rings. The zero-order chi connectivity index (χ0) is 31.1. The Morgan fingerprint density at radius 1 is 1.12 bits per heavy atom. The van der Waals surface area contributed by atoms with Crippen molar-refractivity contribution in [3.63, 3.8) is 0 Å². The Morgan fingerprint density at radius 3 is 2.42 bits per heavy atom. The van der Waals surface area contributed by atoms with Crippen molar-refractivity contribution in [1.29, 1.82) is 0 Å². The van der Waals surface area contributed by atoms with Crippen LogP contribution in [0.5, 0.6) is 5.75 Å². The highest BCUT2D eigenvalue weighted by Gasteiger charge is 2.32. The molecule has 230 valence electrons. The number of pyridine rings is 1. The average molecular weight is 600 g/mol. The van der Waals surface area contributed by atoms with Gasteiger partial charge in [0.1, 0.15) is 11.9 Å². The number of aliphatic hydroxyl groups excluding tert-OH is 1. The van der Waals surface area contributed by atoms with E-state index in [1.54, 1.807) is 42.4 Å². The Kier molecular flexibility index (Phi) is 10.3. The second-order valence-electron chi connectivity index (χ2n) is 10.9. The van der Waals surface area contributed by atoms with E-state index >= 15 is 0 Å². The first-order chi connectivity index (χ1) is 20.4. The number of ether oxygens (including phenoxy) is 1. The van der Waals surface area contributed by atoms with Crippen LogP contribution in [0.25, 0.3) is 0 Å². The summed E-state index contributed by atoms with van der Waals surface area (Å²) in [5.41, 5.74) is 1.41. The SMILES string of the molecule is C[C@H]1CN([C@@H](C)CO)C(=O)Cc2cc(NC(=O)Nc3ccc(C(F)(F)F)cc3)ccc2O[C@H]1CN(C)Cc1ccncc1. The lowest BCUT2D eigenvalue weighted by atomic mass is 10.0. The minimum Gasteiger partial charge on any atom is -0.488 e. The molecule has 3 N–H and O–H groups in total. The molecule has 4 rings (SSSR count). The monoisotopic (exact) mass is 599 g/mol. The van der Waals surface area contributed by atoms with Crippen molar-refractivity contribution in [3.05, 3.63) is 83.7 Å². The van der Waals surface area contributed by atoms with Gasteiger partial charge in [-0.3, -0.25) is 14.7 Å². The van der Waals surface area contributed by atoms with Crippen molar-refractivity contribution in [2.24, 2.45) is 5.92 Å². The number of rotatable bonds is 8. The van der Waals surface area contributed by atoms with E-state index in [4.69, 9.17) is 4.74 Å². The lowest BCUT2D eigenvalue weighted by Crippen LogP contribution is -2.47. The first kappa shape index (κ1) is 31.8. The molecular formula is C31H36F3N5O4. The number of nitrogens with one attached hydrogen (secondary N) is 2. The molecule has 43 heavy (non-hydrogen) atoms. The van der Waals surface area contributed by atoms with Gasteiger partial charge in [-0.05, 0) is 74.1 Å². The molecule has 0 spiro atoms. The first-order valence-corrected chi connectivity index (χ1v) is 14.0. The fraction of sp³-hybridized carbons (Fsp3) is 0.387. The van der Waals surface area contributed by atoms with E-state index in [0.29, 0.717) is 36.6 Å². The molecule has 0 aliphatic carbocycles. The van der Waals surface area contributed by atoms with Crippen LogP contribution in [-0.4, -0.2) is 70.7 Å². The Hall–Kier alpha value is -4.16. The zero-order valence-corrected chi connectivity index (χ0v) is 24.3. The second-order valence-corrected chi connectivity index (χ2v) is 10.9. The van der Waals surface area contributed by atoms with Crippen LogP contribution < -0.4 is 15.4 Å². The third kappa shape index (κ3) is 8.68. The van der Waals surface area contributed by atoms with Crippen LogP contribution in [0.15, 0.2) is 67.0 Å². The summed E-state index contributed by atoms with van der Waals surface area (Å²) in [6.45, 7) is 5.25. The van der Waals surface area contributed by atoms with Gasteiger partial charge in [0.05, 0.1) is 24.6 Å². The largest absolute Gasteiger partial charge is 0.488 e. The van der Waals surface area contributed by atoms with E-state index in [0.717, 1.165) is 17.7 Å². The van der Waals surface area contributed by atoms with Crippen LogP contribution in [0, 0.1) is 5.92 Å². The summed E-state index contributed by atoms with van der Waals surface area (Å²) in [5, 5.41) is 15.0. The highest BCUT2D eigenvalue weighted by molar-refractivity contribution is 6.00. The highest BCUT2D eigenvalue weighted by Crippen LogP contribution is 2.31. The maximum atomic E-state index is 13.4. The molecule has 0 saturated heterocycles. The number of benzene rings is 2. The summed E-state index contributed by atoms with van der Waals surface area (Å²) in [6, 6.07) is 11.9. The standard InChI is InChI=1S/C31H36F3N5O4/c1-20-16-39(21(2)19-40)29(41)15-23-14-26(37-30(42)36-25-6-4-24(5-7-25)31(32,33)34)8-9-27(23)43-28(20)18-38(3)17-22-10-12-35-13-11-22/h4-14,20-21,28,40H,15-19H2,1-3H3,(H2,36,37,42)/t20-,21-,28-/m0/s1. The van der Waals surface area contributed by atoms with E-state index < -0.39 is 23.8 Å². The molecule has 1 aliphatic rings. The van der Waals surface area contributed by atoms with E-state index in [1.807, 2.05) is 26.1 Å². The smallest absolute Gasteiger partial charge is 0.416 e. The third-order valence-electron chi connectivity index (χ3n) is 7.34. The number of aliphatic hydroxyl groups is 1. The molecule has 3 amide bonds. The molecule has 9 nitrogen and oxygen atoms in total. The Labute approximate surface area is 248 Å². The van der Waals surface area contributed by atoms with Crippen LogP contribution in [0.1, 0.15) is 30.5 Å². The molecule has 1 aliphatic heterocycles. The number of aromatic nitrogens is 1. The molecule has 3 atom stereocenters. The number of urea groups is 1.